The molecule has 1 rings (SSSR count). The maximum atomic E-state index is 12.1. The molecule has 1 N–H and O–H groups in total. The van der Waals surface area contributed by atoms with E-state index in [1.165, 1.54) is 0 Å². The van der Waals surface area contributed by atoms with E-state index in [2.05, 4.69) is 56.8 Å². The Morgan fingerprint density at radius 1 is 1.06 bits per heavy atom. The first-order valence-corrected chi connectivity index (χ1v) is 6.84. The van der Waals surface area contributed by atoms with E-state index in [1.54, 1.807) is 0 Å². The molecule has 1 fully saturated rings. The fourth-order valence-electron chi connectivity index (χ4n) is 1.78. The lowest BCUT2D eigenvalue weighted by molar-refractivity contribution is -0.125. The Hall–Kier alpha value is -0.610. The van der Waals surface area contributed by atoms with Gasteiger partial charge in [0.1, 0.15) is 0 Å². The van der Waals surface area contributed by atoms with E-state index in [0.29, 0.717) is 6.54 Å². The lowest BCUT2D eigenvalue weighted by Gasteiger charge is -2.40. The van der Waals surface area contributed by atoms with Crippen LogP contribution in [0.2, 0.25) is 0 Å². The first-order valence-electron chi connectivity index (χ1n) is 6.84. The maximum Gasteiger partial charge on any atom is 0.234 e. The second-order valence-corrected chi connectivity index (χ2v) is 7.00. The minimum absolute atomic E-state index is 0.0603. The molecular weight excluding hydrogens is 226 g/mol. The quantitative estimate of drug-likeness (QED) is 0.822. The second-order valence-electron chi connectivity index (χ2n) is 7.00. The Labute approximate surface area is 112 Å². The highest BCUT2D eigenvalue weighted by Gasteiger charge is 2.34. The summed E-state index contributed by atoms with van der Waals surface area (Å²) in [5, 5.41) is 3.16. The van der Waals surface area contributed by atoms with Crippen LogP contribution in [0.1, 0.15) is 34.6 Å². The van der Waals surface area contributed by atoms with Crippen molar-refractivity contribution in [1.82, 2.24) is 15.1 Å². The molecule has 0 atom stereocenters. The molecule has 1 amide bonds. The maximum absolute atomic E-state index is 12.1. The Morgan fingerprint density at radius 3 is 2.00 bits per heavy atom. The van der Waals surface area contributed by atoms with Crippen LogP contribution in [0.25, 0.3) is 0 Å². The number of carbonyl (C=O) groups excluding carboxylic acids is 1. The number of hydrogen-bond acceptors (Lipinski definition) is 3. The summed E-state index contributed by atoms with van der Waals surface area (Å²) in [4.78, 5) is 16.6. The highest BCUT2D eigenvalue weighted by atomic mass is 16.2. The van der Waals surface area contributed by atoms with E-state index >= 15 is 0 Å². The van der Waals surface area contributed by atoms with Crippen LogP contribution in [-0.4, -0.2) is 61.0 Å². The largest absolute Gasteiger partial charge is 0.350 e. The lowest BCUT2D eigenvalue weighted by Crippen LogP contribution is -2.56. The SMILES string of the molecule is CN1CCN(CC(=O)NC(C)(C)C(C)(C)C)CC1. The van der Waals surface area contributed by atoms with Crippen LogP contribution in [0.15, 0.2) is 0 Å². The molecule has 0 radical (unpaired) electrons. The summed E-state index contributed by atoms with van der Waals surface area (Å²) < 4.78 is 0. The molecular formula is C14H29N3O. The van der Waals surface area contributed by atoms with E-state index in [-0.39, 0.29) is 16.9 Å². The van der Waals surface area contributed by atoms with Crippen LogP contribution in [0.5, 0.6) is 0 Å². The van der Waals surface area contributed by atoms with Crippen LogP contribution in [0.4, 0.5) is 0 Å². The molecule has 0 bridgehead atoms. The van der Waals surface area contributed by atoms with Crippen molar-refractivity contribution in [3.05, 3.63) is 0 Å². The number of likely N-dealkylation sites (N-methyl/N-ethyl adjacent to an activating group) is 1. The molecule has 1 saturated heterocycles. The van der Waals surface area contributed by atoms with Crippen molar-refractivity contribution in [2.75, 3.05) is 39.8 Å². The third kappa shape index (κ3) is 4.25. The molecule has 0 saturated carbocycles. The first-order chi connectivity index (χ1) is 8.12. The minimum Gasteiger partial charge on any atom is -0.350 e. The van der Waals surface area contributed by atoms with Crippen molar-refractivity contribution in [2.45, 2.75) is 40.2 Å². The van der Waals surface area contributed by atoms with Gasteiger partial charge < -0.3 is 10.2 Å². The van der Waals surface area contributed by atoms with Crippen LogP contribution in [0.3, 0.4) is 0 Å². The van der Waals surface area contributed by atoms with Crippen LogP contribution in [0, 0.1) is 5.41 Å². The highest BCUT2D eigenvalue weighted by Crippen LogP contribution is 2.29. The van der Waals surface area contributed by atoms with Crippen LogP contribution < -0.4 is 5.32 Å². The predicted octanol–water partition coefficient (Wildman–Crippen LogP) is 1.17. The fourth-order valence-corrected chi connectivity index (χ4v) is 1.78. The van der Waals surface area contributed by atoms with Gasteiger partial charge in [-0.25, -0.2) is 0 Å². The van der Waals surface area contributed by atoms with Gasteiger partial charge in [-0.15, -0.1) is 0 Å². The van der Waals surface area contributed by atoms with Gasteiger partial charge >= 0.3 is 0 Å². The Kier molecular flexibility index (Phi) is 4.78. The summed E-state index contributed by atoms with van der Waals surface area (Å²) in [6, 6.07) is 0. The van der Waals surface area contributed by atoms with Crippen molar-refractivity contribution in [2.24, 2.45) is 5.41 Å². The Balaban J connectivity index is 2.42. The summed E-state index contributed by atoms with van der Waals surface area (Å²) in [5.74, 6) is 0.138. The van der Waals surface area contributed by atoms with E-state index in [4.69, 9.17) is 0 Å². The summed E-state index contributed by atoms with van der Waals surface area (Å²) in [5.41, 5.74) is -0.124. The molecule has 18 heavy (non-hydrogen) atoms. The smallest absolute Gasteiger partial charge is 0.234 e. The molecule has 106 valence electrons. The summed E-state index contributed by atoms with van der Waals surface area (Å²) in [6.45, 7) is 15.2. The van der Waals surface area contributed by atoms with E-state index in [9.17, 15) is 4.79 Å². The topological polar surface area (TPSA) is 35.6 Å². The van der Waals surface area contributed by atoms with Gasteiger partial charge in [0.25, 0.3) is 0 Å². The summed E-state index contributed by atoms with van der Waals surface area (Å²) in [6.07, 6.45) is 0. The monoisotopic (exact) mass is 255 g/mol. The van der Waals surface area contributed by atoms with Crippen molar-refractivity contribution in [1.29, 1.82) is 0 Å². The zero-order valence-electron chi connectivity index (χ0n) is 12.8. The summed E-state index contributed by atoms with van der Waals surface area (Å²) >= 11 is 0. The standard InChI is InChI=1S/C14H29N3O/c1-13(2,3)14(4,5)15-12(18)11-17-9-7-16(6)8-10-17/h7-11H2,1-6H3,(H,15,18). The van der Waals surface area contributed by atoms with Crippen LogP contribution >= 0.6 is 0 Å². The first kappa shape index (κ1) is 15.4. The fraction of sp³-hybridized carbons (Fsp3) is 0.929. The highest BCUT2D eigenvalue weighted by molar-refractivity contribution is 5.78. The third-order valence-corrected chi connectivity index (χ3v) is 4.29. The number of carbonyl (C=O) groups is 1. The van der Waals surface area contributed by atoms with E-state index in [1.807, 2.05) is 0 Å². The lowest BCUT2D eigenvalue weighted by atomic mass is 9.76. The molecule has 0 aromatic heterocycles. The van der Waals surface area contributed by atoms with Crippen molar-refractivity contribution in [3.63, 3.8) is 0 Å². The molecule has 0 aromatic carbocycles. The van der Waals surface area contributed by atoms with Gasteiger partial charge in [-0.3, -0.25) is 9.69 Å². The molecule has 0 spiro atoms. The number of nitrogens with zero attached hydrogens (tertiary/aromatic N) is 2. The number of rotatable bonds is 3. The predicted molar refractivity (Wildman–Crippen MR) is 75.6 cm³/mol. The number of piperazine rings is 1. The van der Waals surface area contributed by atoms with Gasteiger partial charge in [0.05, 0.1) is 6.54 Å². The summed E-state index contributed by atoms with van der Waals surface area (Å²) in [7, 11) is 2.13. The van der Waals surface area contributed by atoms with Crippen LogP contribution in [-0.2, 0) is 4.79 Å². The second kappa shape index (κ2) is 5.57. The average molecular weight is 255 g/mol. The van der Waals surface area contributed by atoms with Crippen molar-refractivity contribution in [3.8, 4) is 0 Å². The van der Waals surface area contributed by atoms with Gasteiger partial charge in [0, 0.05) is 31.7 Å². The van der Waals surface area contributed by atoms with Crippen molar-refractivity contribution < 1.29 is 4.79 Å². The van der Waals surface area contributed by atoms with E-state index < -0.39 is 0 Å². The number of nitrogens with one attached hydrogen (secondary N) is 1. The van der Waals surface area contributed by atoms with Gasteiger partial charge in [-0.05, 0) is 26.3 Å². The average Bonchev–Trinajstić information content (AvgIpc) is 2.19. The Bertz CT molecular complexity index is 286. The molecule has 4 nitrogen and oxygen atoms in total. The van der Waals surface area contributed by atoms with E-state index in [0.717, 1.165) is 26.2 Å². The van der Waals surface area contributed by atoms with Gasteiger partial charge in [-0.1, -0.05) is 20.8 Å². The minimum atomic E-state index is -0.184. The third-order valence-electron chi connectivity index (χ3n) is 4.29. The van der Waals surface area contributed by atoms with Gasteiger partial charge in [0.15, 0.2) is 0 Å². The molecule has 1 aliphatic heterocycles. The normalized spacial score (nSPS) is 19.9. The Morgan fingerprint density at radius 2 is 1.56 bits per heavy atom. The van der Waals surface area contributed by atoms with Gasteiger partial charge in [-0.2, -0.15) is 0 Å². The zero-order chi connectivity index (χ0) is 14.0. The number of hydrogen-bond donors (Lipinski definition) is 1. The molecule has 0 unspecified atom stereocenters. The van der Waals surface area contributed by atoms with Gasteiger partial charge in [0.2, 0.25) is 5.91 Å². The molecule has 0 aliphatic carbocycles. The molecule has 1 aliphatic rings. The zero-order valence-corrected chi connectivity index (χ0v) is 12.8. The molecule has 1 heterocycles. The molecule has 4 heteroatoms. The molecule has 0 aromatic rings. The number of amides is 1. The van der Waals surface area contributed by atoms with Crippen molar-refractivity contribution >= 4 is 5.91 Å².